The molecule has 0 bridgehead atoms. The number of pyridine rings is 2. The Balaban J connectivity index is 2.36. The predicted octanol–water partition coefficient (Wildman–Crippen LogP) is 1.88. The molecule has 1 N–H and O–H groups in total. The third-order valence-corrected chi connectivity index (χ3v) is 2.54. The molecule has 88 valence electrons. The smallest absolute Gasteiger partial charge is 0.219 e. The summed E-state index contributed by atoms with van der Waals surface area (Å²) in [6, 6.07) is 7.26. The van der Waals surface area contributed by atoms with E-state index in [1.165, 1.54) is 7.11 Å². The first kappa shape index (κ1) is 11.5. The highest BCUT2D eigenvalue weighted by molar-refractivity contribution is 5.34. The monoisotopic (exact) mass is 230 g/mol. The van der Waals surface area contributed by atoms with Gasteiger partial charge in [-0.2, -0.15) is 0 Å². The fourth-order valence-corrected chi connectivity index (χ4v) is 1.60. The van der Waals surface area contributed by atoms with Crippen LogP contribution in [0.4, 0.5) is 0 Å². The van der Waals surface area contributed by atoms with E-state index in [0.29, 0.717) is 11.4 Å². The van der Waals surface area contributed by atoms with Gasteiger partial charge in [0, 0.05) is 29.2 Å². The van der Waals surface area contributed by atoms with Crippen LogP contribution in [-0.2, 0) is 0 Å². The molecule has 0 amide bonds. The minimum atomic E-state index is -0.772. The number of aryl methyl sites for hydroxylation is 1. The number of methoxy groups -OCH3 is 1. The van der Waals surface area contributed by atoms with E-state index in [4.69, 9.17) is 4.74 Å². The molecule has 0 aliphatic carbocycles. The summed E-state index contributed by atoms with van der Waals surface area (Å²) in [5.74, 6) is 0.431. The highest BCUT2D eigenvalue weighted by Crippen LogP contribution is 2.27. The molecule has 17 heavy (non-hydrogen) atoms. The largest absolute Gasteiger partial charge is 0.481 e. The molecule has 0 radical (unpaired) electrons. The van der Waals surface area contributed by atoms with Crippen LogP contribution in [0.2, 0.25) is 0 Å². The lowest BCUT2D eigenvalue weighted by molar-refractivity contribution is 0.213. The molecule has 0 aromatic carbocycles. The maximum absolute atomic E-state index is 10.2. The molecule has 0 fully saturated rings. The van der Waals surface area contributed by atoms with Crippen LogP contribution < -0.4 is 4.74 Å². The van der Waals surface area contributed by atoms with Crippen LogP contribution in [0, 0.1) is 6.92 Å². The summed E-state index contributed by atoms with van der Waals surface area (Å²) >= 11 is 0. The average Bonchev–Trinajstić information content (AvgIpc) is 2.39. The molecular weight excluding hydrogens is 216 g/mol. The first-order chi connectivity index (χ1) is 8.22. The topological polar surface area (TPSA) is 55.2 Å². The molecule has 4 heteroatoms. The van der Waals surface area contributed by atoms with Crippen LogP contribution in [0.25, 0.3) is 0 Å². The third kappa shape index (κ3) is 2.42. The number of hydrogen-bond donors (Lipinski definition) is 1. The Morgan fingerprint density at radius 2 is 2.06 bits per heavy atom. The van der Waals surface area contributed by atoms with E-state index in [1.807, 2.05) is 19.1 Å². The van der Waals surface area contributed by atoms with Gasteiger partial charge in [-0.15, -0.1) is 0 Å². The molecule has 0 aliphatic rings. The van der Waals surface area contributed by atoms with Crippen LogP contribution in [0.15, 0.2) is 36.7 Å². The highest BCUT2D eigenvalue weighted by atomic mass is 16.5. The van der Waals surface area contributed by atoms with Crippen molar-refractivity contribution in [3.63, 3.8) is 0 Å². The number of aromatic nitrogens is 2. The maximum atomic E-state index is 10.2. The Morgan fingerprint density at radius 3 is 2.71 bits per heavy atom. The molecule has 1 unspecified atom stereocenters. The zero-order valence-electron chi connectivity index (χ0n) is 9.79. The van der Waals surface area contributed by atoms with Crippen LogP contribution in [0.3, 0.4) is 0 Å². The van der Waals surface area contributed by atoms with Crippen molar-refractivity contribution < 1.29 is 9.84 Å². The molecular formula is C13H14N2O2. The minimum Gasteiger partial charge on any atom is -0.481 e. The summed E-state index contributed by atoms with van der Waals surface area (Å²) in [5, 5.41) is 10.2. The molecule has 2 rings (SSSR count). The summed E-state index contributed by atoms with van der Waals surface area (Å²) in [6.07, 6.45) is 2.52. The van der Waals surface area contributed by atoms with Crippen molar-refractivity contribution in [3.05, 3.63) is 53.5 Å². The molecule has 4 nitrogen and oxygen atoms in total. The molecule has 0 spiro atoms. The van der Waals surface area contributed by atoms with Crippen LogP contribution in [-0.4, -0.2) is 22.2 Å². The van der Waals surface area contributed by atoms with Gasteiger partial charge >= 0.3 is 0 Å². The Kier molecular flexibility index (Phi) is 3.35. The summed E-state index contributed by atoms with van der Waals surface area (Å²) in [6.45, 7) is 1.90. The number of nitrogens with zero attached hydrogens (tertiary/aromatic N) is 2. The van der Waals surface area contributed by atoms with E-state index in [1.54, 1.807) is 24.5 Å². The van der Waals surface area contributed by atoms with E-state index in [2.05, 4.69) is 9.97 Å². The maximum Gasteiger partial charge on any atom is 0.219 e. The summed E-state index contributed by atoms with van der Waals surface area (Å²) in [7, 11) is 1.53. The van der Waals surface area contributed by atoms with E-state index >= 15 is 0 Å². The van der Waals surface area contributed by atoms with Crippen LogP contribution in [0.1, 0.15) is 22.9 Å². The van der Waals surface area contributed by atoms with Gasteiger partial charge in [-0.25, -0.2) is 4.98 Å². The second kappa shape index (κ2) is 4.93. The first-order valence-corrected chi connectivity index (χ1v) is 5.32. The molecule has 0 aliphatic heterocycles. The number of hydrogen-bond acceptors (Lipinski definition) is 4. The summed E-state index contributed by atoms with van der Waals surface area (Å²) in [5.41, 5.74) is 2.28. The van der Waals surface area contributed by atoms with Crippen LogP contribution in [0.5, 0.6) is 5.88 Å². The summed E-state index contributed by atoms with van der Waals surface area (Å²) in [4.78, 5) is 8.22. The molecule has 2 aromatic rings. The van der Waals surface area contributed by atoms with Crippen molar-refractivity contribution in [2.45, 2.75) is 13.0 Å². The molecule has 2 aromatic heterocycles. The van der Waals surface area contributed by atoms with Crippen molar-refractivity contribution in [1.82, 2.24) is 9.97 Å². The highest BCUT2D eigenvalue weighted by Gasteiger charge is 2.15. The van der Waals surface area contributed by atoms with E-state index in [9.17, 15) is 5.11 Å². The first-order valence-electron chi connectivity index (χ1n) is 5.32. The second-order valence-corrected chi connectivity index (χ2v) is 3.74. The second-order valence-electron chi connectivity index (χ2n) is 3.74. The Morgan fingerprint density at radius 1 is 1.24 bits per heavy atom. The molecule has 0 saturated carbocycles. The minimum absolute atomic E-state index is 0.431. The van der Waals surface area contributed by atoms with Gasteiger partial charge in [-0.1, -0.05) is 6.07 Å². The summed E-state index contributed by atoms with van der Waals surface area (Å²) < 4.78 is 5.12. The van der Waals surface area contributed by atoms with Gasteiger partial charge in [0.05, 0.1) is 7.11 Å². The number of aliphatic hydroxyl groups excluding tert-OH is 1. The molecule has 0 saturated heterocycles. The van der Waals surface area contributed by atoms with E-state index < -0.39 is 6.10 Å². The Hall–Kier alpha value is -1.94. The van der Waals surface area contributed by atoms with Gasteiger partial charge < -0.3 is 9.84 Å². The van der Waals surface area contributed by atoms with Gasteiger partial charge in [0.1, 0.15) is 6.10 Å². The number of aliphatic hydroxyl groups is 1. The van der Waals surface area contributed by atoms with Crippen molar-refractivity contribution in [3.8, 4) is 5.88 Å². The quantitative estimate of drug-likeness (QED) is 0.874. The third-order valence-electron chi connectivity index (χ3n) is 2.54. The lowest BCUT2D eigenvalue weighted by Crippen LogP contribution is -2.04. The lowest BCUT2D eigenvalue weighted by atomic mass is 10.0. The molecule has 2 heterocycles. The number of rotatable bonds is 3. The SMILES string of the molecule is COc1ncccc1C(O)c1ccc(C)nc1. The van der Waals surface area contributed by atoms with E-state index in [0.717, 1.165) is 11.3 Å². The standard InChI is InChI=1S/C13H14N2O2/c1-9-5-6-10(8-15-9)12(16)11-4-3-7-14-13(11)17-2/h3-8,12,16H,1-2H3. The van der Waals surface area contributed by atoms with Gasteiger partial charge in [0.2, 0.25) is 5.88 Å². The van der Waals surface area contributed by atoms with Crippen molar-refractivity contribution in [2.75, 3.05) is 7.11 Å². The lowest BCUT2D eigenvalue weighted by Gasteiger charge is -2.13. The number of ether oxygens (including phenoxy) is 1. The van der Waals surface area contributed by atoms with Gasteiger partial charge in [-0.3, -0.25) is 4.98 Å². The molecule has 1 atom stereocenters. The zero-order valence-corrected chi connectivity index (χ0v) is 9.79. The average molecular weight is 230 g/mol. The predicted molar refractivity (Wildman–Crippen MR) is 63.8 cm³/mol. The zero-order chi connectivity index (χ0) is 12.3. The Bertz CT molecular complexity index is 497. The van der Waals surface area contributed by atoms with Crippen molar-refractivity contribution in [2.24, 2.45) is 0 Å². The van der Waals surface area contributed by atoms with Crippen molar-refractivity contribution in [1.29, 1.82) is 0 Å². The fourth-order valence-electron chi connectivity index (χ4n) is 1.60. The normalized spacial score (nSPS) is 12.2. The van der Waals surface area contributed by atoms with Gasteiger partial charge in [0.15, 0.2) is 0 Å². The van der Waals surface area contributed by atoms with Crippen molar-refractivity contribution >= 4 is 0 Å². The Labute approximate surface area is 99.9 Å². The van der Waals surface area contributed by atoms with Gasteiger partial charge in [0.25, 0.3) is 0 Å². The van der Waals surface area contributed by atoms with E-state index in [-0.39, 0.29) is 0 Å². The fraction of sp³-hybridized carbons (Fsp3) is 0.231. The van der Waals surface area contributed by atoms with Crippen LogP contribution >= 0.6 is 0 Å². The van der Waals surface area contributed by atoms with Gasteiger partial charge in [-0.05, 0) is 25.1 Å².